The minimum absolute atomic E-state index is 0.160. The Bertz CT molecular complexity index is 663. The summed E-state index contributed by atoms with van der Waals surface area (Å²) in [5.41, 5.74) is 9.29. The molecule has 3 aromatic rings. The van der Waals surface area contributed by atoms with Crippen molar-refractivity contribution in [1.82, 2.24) is 20.0 Å². The number of benzene rings is 1. The van der Waals surface area contributed by atoms with E-state index in [2.05, 4.69) is 15.3 Å². The highest BCUT2D eigenvalue weighted by molar-refractivity contribution is 5.32. The van der Waals surface area contributed by atoms with E-state index in [9.17, 15) is 0 Å². The molecule has 0 fully saturated rings. The number of hydrogen-bond acceptors (Lipinski definition) is 4. The molecule has 0 radical (unpaired) electrons. The first-order valence-corrected chi connectivity index (χ1v) is 6.45. The van der Waals surface area contributed by atoms with Crippen molar-refractivity contribution in [1.29, 1.82) is 0 Å². The molecule has 5 heteroatoms. The van der Waals surface area contributed by atoms with Crippen LogP contribution in [0, 0.1) is 0 Å². The molecule has 2 N–H and O–H groups in total. The van der Waals surface area contributed by atoms with Gasteiger partial charge in [0.25, 0.3) is 0 Å². The van der Waals surface area contributed by atoms with Crippen molar-refractivity contribution in [3.8, 4) is 5.69 Å². The van der Waals surface area contributed by atoms with Gasteiger partial charge in [-0.3, -0.25) is 4.98 Å². The summed E-state index contributed by atoms with van der Waals surface area (Å²) in [7, 11) is 0. The smallest absolute Gasteiger partial charge is 0.0816 e. The van der Waals surface area contributed by atoms with E-state index in [0.29, 0.717) is 0 Å². The summed E-state index contributed by atoms with van der Waals surface area (Å²) < 4.78 is 1.78. The zero-order chi connectivity index (χ0) is 13.8. The summed E-state index contributed by atoms with van der Waals surface area (Å²) in [4.78, 5) is 4.01. The highest BCUT2D eigenvalue weighted by Gasteiger charge is 2.14. The molecule has 0 aliphatic heterocycles. The molecule has 5 nitrogen and oxygen atoms in total. The zero-order valence-electron chi connectivity index (χ0n) is 10.9. The lowest BCUT2D eigenvalue weighted by Crippen LogP contribution is -2.17. The predicted octanol–water partition coefficient (Wildman–Crippen LogP) is 1.90. The summed E-state index contributed by atoms with van der Waals surface area (Å²) in [5, 5.41) is 8.11. The molecule has 3 rings (SSSR count). The largest absolute Gasteiger partial charge is 0.322 e. The Labute approximate surface area is 117 Å². The minimum Gasteiger partial charge on any atom is -0.322 e. The summed E-state index contributed by atoms with van der Waals surface area (Å²) in [6, 6.07) is 13.6. The Hall–Kier alpha value is -2.53. The lowest BCUT2D eigenvalue weighted by molar-refractivity contribution is 0.649. The van der Waals surface area contributed by atoms with E-state index < -0.39 is 0 Å². The van der Waals surface area contributed by atoms with Crippen LogP contribution in [0.5, 0.6) is 0 Å². The fourth-order valence-electron chi connectivity index (χ4n) is 2.14. The minimum atomic E-state index is -0.160. The SMILES string of the molecule is NC(Cc1ccncc1)c1cnnn1-c1ccccc1. The Morgan fingerprint density at radius 3 is 2.55 bits per heavy atom. The van der Waals surface area contributed by atoms with Crippen molar-refractivity contribution in [3.05, 3.63) is 72.3 Å². The first kappa shape index (κ1) is 12.5. The van der Waals surface area contributed by atoms with Crippen LogP contribution in [0.3, 0.4) is 0 Å². The van der Waals surface area contributed by atoms with E-state index in [0.717, 1.165) is 23.4 Å². The van der Waals surface area contributed by atoms with E-state index in [4.69, 9.17) is 5.73 Å². The van der Waals surface area contributed by atoms with Crippen LogP contribution in [0.15, 0.2) is 61.1 Å². The highest BCUT2D eigenvalue weighted by Crippen LogP contribution is 2.17. The van der Waals surface area contributed by atoms with Gasteiger partial charge in [-0.2, -0.15) is 0 Å². The third-order valence-electron chi connectivity index (χ3n) is 3.16. The van der Waals surface area contributed by atoms with Gasteiger partial charge in [0, 0.05) is 12.4 Å². The molecular weight excluding hydrogens is 250 g/mol. The molecule has 0 saturated carbocycles. The van der Waals surface area contributed by atoms with Crippen LogP contribution >= 0.6 is 0 Å². The van der Waals surface area contributed by atoms with Crippen LogP contribution in [-0.2, 0) is 6.42 Å². The molecule has 0 saturated heterocycles. The van der Waals surface area contributed by atoms with Gasteiger partial charge in [0.2, 0.25) is 0 Å². The van der Waals surface area contributed by atoms with Gasteiger partial charge in [-0.1, -0.05) is 23.4 Å². The quantitative estimate of drug-likeness (QED) is 0.782. The van der Waals surface area contributed by atoms with Crippen molar-refractivity contribution < 1.29 is 0 Å². The monoisotopic (exact) mass is 265 g/mol. The number of para-hydroxylation sites is 1. The lowest BCUT2D eigenvalue weighted by Gasteiger charge is -2.13. The van der Waals surface area contributed by atoms with Gasteiger partial charge in [-0.25, -0.2) is 4.68 Å². The van der Waals surface area contributed by atoms with Gasteiger partial charge in [-0.15, -0.1) is 5.10 Å². The molecule has 0 bridgehead atoms. The third-order valence-corrected chi connectivity index (χ3v) is 3.16. The van der Waals surface area contributed by atoms with Gasteiger partial charge in [0.1, 0.15) is 0 Å². The standard InChI is InChI=1S/C15H15N5/c16-14(10-12-6-8-17-9-7-12)15-11-18-19-20(15)13-4-2-1-3-5-13/h1-9,11,14H,10,16H2. The molecular formula is C15H15N5. The third kappa shape index (κ3) is 2.57. The van der Waals surface area contributed by atoms with E-state index >= 15 is 0 Å². The molecule has 2 aromatic heterocycles. The van der Waals surface area contributed by atoms with E-state index in [1.165, 1.54) is 0 Å². The van der Waals surface area contributed by atoms with Crippen molar-refractivity contribution in [2.75, 3.05) is 0 Å². The Morgan fingerprint density at radius 2 is 1.80 bits per heavy atom. The van der Waals surface area contributed by atoms with E-state index in [-0.39, 0.29) is 6.04 Å². The average Bonchev–Trinajstić information content (AvgIpc) is 2.99. The fourth-order valence-corrected chi connectivity index (χ4v) is 2.14. The Balaban J connectivity index is 1.86. The number of pyridine rings is 1. The Morgan fingerprint density at radius 1 is 1.05 bits per heavy atom. The molecule has 1 unspecified atom stereocenters. The summed E-state index contributed by atoms with van der Waals surface area (Å²) in [6.45, 7) is 0. The van der Waals surface area contributed by atoms with Crippen molar-refractivity contribution in [2.45, 2.75) is 12.5 Å². The second kappa shape index (κ2) is 5.63. The van der Waals surface area contributed by atoms with Crippen LogP contribution in [0.1, 0.15) is 17.3 Å². The first-order chi connectivity index (χ1) is 9.84. The van der Waals surface area contributed by atoms with Crippen LogP contribution < -0.4 is 5.73 Å². The first-order valence-electron chi connectivity index (χ1n) is 6.45. The maximum Gasteiger partial charge on any atom is 0.0816 e. The summed E-state index contributed by atoms with van der Waals surface area (Å²) in [6.07, 6.45) is 5.99. The fraction of sp³-hybridized carbons (Fsp3) is 0.133. The lowest BCUT2D eigenvalue weighted by atomic mass is 10.1. The van der Waals surface area contributed by atoms with E-state index in [1.807, 2.05) is 42.5 Å². The molecule has 2 heterocycles. The van der Waals surface area contributed by atoms with Crippen molar-refractivity contribution in [3.63, 3.8) is 0 Å². The molecule has 0 amide bonds. The number of rotatable bonds is 4. The predicted molar refractivity (Wildman–Crippen MR) is 76.2 cm³/mol. The normalized spacial score (nSPS) is 12.2. The van der Waals surface area contributed by atoms with E-state index in [1.54, 1.807) is 23.3 Å². The maximum absolute atomic E-state index is 6.29. The molecule has 0 aliphatic carbocycles. The molecule has 0 spiro atoms. The summed E-state index contributed by atoms with van der Waals surface area (Å²) >= 11 is 0. The molecule has 20 heavy (non-hydrogen) atoms. The second-order valence-electron chi connectivity index (χ2n) is 4.57. The van der Waals surface area contributed by atoms with Crippen LogP contribution in [0.25, 0.3) is 5.69 Å². The number of hydrogen-bond donors (Lipinski definition) is 1. The highest BCUT2D eigenvalue weighted by atomic mass is 15.4. The van der Waals surface area contributed by atoms with Gasteiger partial charge < -0.3 is 5.73 Å². The van der Waals surface area contributed by atoms with Crippen LogP contribution in [0.2, 0.25) is 0 Å². The molecule has 100 valence electrons. The van der Waals surface area contributed by atoms with Gasteiger partial charge >= 0.3 is 0 Å². The van der Waals surface area contributed by atoms with Crippen LogP contribution in [-0.4, -0.2) is 20.0 Å². The zero-order valence-corrected chi connectivity index (χ0v) is 10.9. The van der Waals surface area contributed by atoms with Crippen molar-refractivity contribution in [2.24, 2.45) is 5.73 Å². The molecule has 1 atom stereocenters. The maximum atomic E-state index is 6.29. The van der Waals surface area contributed by atoms with Gasteiger partial charge in [0.05, 0.1) is 23.6 Å². The second-order valence-corrected chi connectivity index (χ2v) is 4.57. The van der Waals surface area contributed by atoms with Crippen molar-refractivity contribution >= 4 is 0 Å². The number of nitrogens with zero attached hydrogens (tertiary/aromatic N) is 4. The average molecular weight is 265 g/mol. The molecule has 1 aromatic carbocycles. The topological polar surface area (TPSA) is 69.6 Å². The van der Waals surface area contributed by atoms with Gasteiger partial charge in [0.15, 0.2) is 0 Å². The van der Waals surface area contributed by atoms with Gasteiger partial charge in [-0.05, 0) is 36.2 Å². The molecule has 0 aliphatic rings. The Kier molecular flexibility index (Phi) is 3.52. The number of nitrogens with two attached hydrogens (primary N) is 1. The summed E-state index contributed by atoms with van der Waals surface area (Å²) in [5.74, 6) is 0. The number of aromatic nitrogens is 4. The van der Waals surface area contributed by atoms with Crippen LogP contribution in [0.4, 0.5) is 0 Å².